The molecule has 0 atom stereocenters. The zero-order valence-electron chi connectivity index (χ0n) is 11.0. The monoisotopic (exact) mass is 283 g/mol. The number of guanidine groups is 1. The van der Waals surface area contributed by atoms with Gasteiger partial charge in [0.05, 0.1) is 6.21 Å². The van der Waals surface area contributed by atoms with Crippen molar-refractivity contribution in [2.75, 3.05) is 0 Å². The van der Waals surface area contributed by atoms with Gasteiger partial charge in [-0.1, -0.05) is 60.0 Å². The van der Waals surface area contributed by atoms with E-state index in [9.17, 15) is 10.1 Å². The Bertz CT molecular complexity index is 666. The van der Waals surface area contributed by atoms with Crippen LogP contribution in [0, 0.1) is 10.1 Å². The summed E-state index contributed by atoms with van der Waals surface area (Å²) in [7, 11) is 0. The SMILES string of the molecule is NC(=N/N=C/c1ccc(-c2ccccc2)cc1)N[N+](=O)[O-]. The van der Waals surface area contributed by atoms with Crippen molar-refractivity contribution in [3.63, 3.8) is 0 Å². The molecule has 0 aliphatic carbocycles. The smallest absolute Gasteiger partial charge is 0.275 e. The first-order valence-corrected chi connectivity index (χ1v) is 6.08. The van der Waals surface area contributed by atoms with Crippen LogP contribution in [0.2, 0.25) is 0 Å². The Morgan fingerprint density at radius 2 is 1.71 bits per heavy atom. The topological polar surface area (TPSA) is 106 Å². The van der Waals surface area contributed by atoms with E-state index in [1.807, 2.05) is 54.6 Å². The van der Waals surface area contributed by atoms with Crippen LogP contribution < -0.4 is 11.2 Å². The summed E-state index contributed by atoms with van der Waals surface area (Å²) in [6.07, 6.45) is 1.46. The minimum atomic E-state index is -0.803. The molecule has 7 nitrogen and oxygen atoms in total. The Kier molecular flexibility index (Phi) is 4.60. The van der Waals surface area contributed by atoms with Crippen molar-refractivity contribution in [2.24, 2.45) is 15.9 Å². The molecule has 106 valence electrons. The molecule has 0 heterocycles. The van der Waals surface area contributed by atoms with Crippen LogP contribution in [0.15, 0.2) is 64.8 Å². The van der Waals surface area contributed by atoms with E-state index in [0.29, 0.717) is 0 Å². The third-order valence-corrected chi connectivity index (χ3v) is 2.60. The summed E-state index contributed by atoms with van der Waals surface area (Å²) in [5, 5.41) is 16.4. The van der Waals surface area contributed by atoms with Crippen LogP contribution in [0.1, 0.15) is 5.56 Å². The summed E-state index contributed by atoms with van der Waals surface area (Å²) in [4.78, 5) is 10.1. The van der Waals surface area contributed by atoms with E-state index in [1.165, 1.54) is 6.21 Å². The van der Waals surface area contributed by atoms with Gasteiger partial charge in [-0.05, 0) is 16.7 Å². The van der Waals surface area contributed by atoms with E-state index < -0.39 is 5.03 Å². The Labute approximate surface area is 120 Å². The van der Waals surface area contributed by atoms with E-state index in [2.05, 4.69) is 10.2 Å². The van der Waals surface area contributed by atoms with E-state index in [0.717, 1.165) is 16.7 Å². The minimum absolute atomic E-state index is 0.378. The quantitative estimate of drug-likeness (QED) is 0.386. The average molecular weight is 283 g/mol. The summed E-state index contributed by atoms with van der Waals surface area (Å²) in [5.41, 5.74) is 9.94. The molecule has 0 radical (unpaired) electrons. The Hall–Kier alpha value is -3.22. The summed E-state index contributed by atoms with van der Waals surface area (Å²) >= 11 is 0. The standard InChI is InChI=1S/C14H13N5O2/c15-14(18-19(20)21)17-16-10-11-6-8-13(9-7-11)12-4-2-1-3-5-12/h1-10H,(H3,15,17,18)/b16-10+. The Morgan fingerprint density at radius 3 is 2.33 bits per heavy atom. The van der Waals surface area contributed by atoms with Gasteiger partial charge in [0.25, 0.3) is 5.96 Å². The number of nitrogens with zero attached hydrogens (tertiary/aromatic N) is 3. The number of rotatable bonds is 4. The van der Waals surface area contributed by atoms with E-state index in [4.69, 9.17) is 5.73 Å². The lowest BCUT2D eigenvalue weighted by Crippen LogP contribution is -2.35. The fourth-order valence-corrected chi connectivity index (χ4v) is 1.67. The van der Waals surface area contributed by atoms with Gasteiger partial charge >= 0.3 is 0 Å². The van der Waals surface area contributed by atoms with Crippen molar-refractivity contribution in [2.45, 2.75) is 0 Å². The first-order chi connectivity index (χ1) is 10.1. The van der Waals surface area contributed by atoms with Gasteiger partial charge in [-0.15, -0.1) is 5.10 Å². The molecule has 3 N–H and O–H groups in total. The molecule has 0 saturated carbocycles. The first kappa shape index (κ1) is 14.2. The first-order valence-electron chi connectivity index (χ1n) is 6.08. The molecule has 7 heteroatoms. The molecule has 0 saturated heterocycles. The van der Waals surface area contributed by atoms with Crippen LogP contribution in [-0.4, -0.2) is 17.2 Å². The zero-order chi connectivity index (χ0) is 15.1. The van der Waals surface area contributed by atoms with Gasteiger partial charge in [0.1, 0.15) is 0 Å². The van der Waals surface area contributed by atoms with Gasteiger partial charge in [0.15, 0.2) is 5.03 Å². The van der Waals surface area contributed by atoms with Crippen LogP contribution in [0.4, 0.5) is 0 Å². The molecule has 0 aliphatic rings. The molecule has 0 unspecified atom stereocenters. The van der Waals surface area contributed by atoms with Crippen LogP contribution in [0.25, 0.3) is 11.1 Å². The van der Waals surface area contributed by atoms with Crippen molar-refractivity contribution in [1.82, 2.24) is 5.43 Å². The molecule has 0 fully saturated rings. The van der Waals surface area contributed by atoms with Crippen molar-refractivity contribution < 1.29 is 5.03 Å². The summed E-state index contributed by atoms with van der Waals surface area (Å²) in [6, 6.07) is 17.6. The minimum Gasteiger partial charge on any atom is -0.364 e. The molecule has 0 aromatic heterocycles. The predicted molar refractivity (Wildman–Crippen MR) is 81.2 cm³/mol. The number of hydrogen-bond acceptors (Lipinski definition) is 4. The number of benzene rings is 2. The molecule has 2 aromatic carbocycles. The molecule has 2 aromatic rings. The number of nitrogens with two attached hydrogens (primary N) is 1. The number of hydrogen-bond donors (Lipinski definition) is 2. The van der Waals surface area contributed by atoms with Gasteiger partial charge in [-0.25, -0.2) is 10.1 Å². The number of nitrogens with one attached hydrogen (secondary N) is 1. The maximum absolute atomic E-state index is 10.1. The lowest BCUT2D eigenvalue weighted by Gasteiger charge is -2.01. The molecule has 0 aliphatic heterocycles. The molecule has 0 amide bonds. The predicted octanol–water partition coefficient (Wildman–Crippen LogP) is 1.78. The fourth-order valence-electron chi connectivity index (χ4n) is 1.67. The molecular weight excluding hydrogens is 270 g/mol. The highest BCUT2D eigenvalue weighted by atomic mass is 16.7. The van der Waals surface area contributed by atoms with E-state index >= 15 is 0 Å². The lowest BCUT2D eigenvalue weighted by molar-refractivity contribution is -0.525. The summed E-state index contributed by atoms with van der Waals surface area (Å²) in [5.74, 6) is -0.378. The van der Waals surface area contributed by atoms with Gasteiger partial charge in [-0.2, -0.15) is 5.10 Å². The van der Waals surface area contributed by atoms with Crippen molar-refractivity contribution in [3.05, 3.63) is 70.3 Å². The number of nitro groups is 1. The summed E-state index contributed by atoms with van der Waals surface area (Å²) < 4.78 is 0. The van der Waals surface area contributed by atoms with Gasteiger partial charge < -0.3 is 5.73 Å². The van der Waals surface area contributed by atoms with Crippen LogP contribution in [0.5, 0.6) is 0 Å². The number of hydrazine groups is 1. The van der Waals surface area contributed by atoms with Gasteiger partial charge in [0, 0.05) is 0 Å². The van der Waals surface area contributed by atoms with Crippen LogP contribution >= 0.6 is 0 Å². The maximum atomic E-state index is 10.1. The summed E-state index contributed by atoms with van der Waals surface area (Å²) in [6.45, 7) is 0. The van der Waals surface area contributed by atoms with Crippen LogP contribution in [-0.2, 0) is 0 Å². The van der Waals surface area contributed by atoms with Crippen molar-refractivity contribution in [1.29, 1.82) is 0 Å². The average Bonchev–Trinajstić information content (AvgIpc) is 2.48. The second-order valence-corrected chi connectivity index (χ2v) is 4.09. The van der Waals surface area contributed by atoms with E-state index in [-0.39, 0.29) is 5.96 Å². The van der Waals surface area contributed by atoms with Crippen LogP contribution in [0.3, 0.4) is 0 Å². The Morgan fingerprint density at radius 1 is 1.10 bits per heavy atom. The molecular formula is C14H13N5O2. The second-order valence-electron chi connectivity index (χ2n) is 4.09. The largest absolute Gasteiger partial charge is 0.364 e. The van der Waals surface area contributed by atoms with E-state index in [1.54, 1.807) is 5.43 Å². The highest BCUT2D eigenvalue weighted by molar-refractivity contribution is 5.82. The highest BCUT2D eigenvalue weighted by Gasteiger charge is 1.98. The fraction of sp³-hybridized carbons (Fsp3) is 0. The second kappa shape index (κ2) is 6.80. The molecule has 2 rings (SSSR count). The Balaban J connectivity index is 2.05. The third-order valence-electron chi connectivity index (χ3n) is 2.60. The molecule has 21 heavy (non-hydrogen) atoms. The lowest BCUT2D eigenvalue weighted by atomic mass is 10.0. The van der Waals surface area contributed by atoms with Crippen molar-refractivity contribution in [3.8, 4) is 11.1 Å². The third kappa shape index (κ3) is 4.43. The maximum Gasteiger partial charge on any atom is 0.275 e. The molecule has 0 bridgehead atoms. The van der Waals surface area contributed by atoms with Gasteiger partial charge in [-0.3, -0.25) is 0 Å². The zero-order valence-corrected chi connectivity index (χ0v) is 11.0. The normalized spacial score (nSPS) is 11.5. The van der Waals surface area contributed by atoms with Crippen molar-refractivity contribution >= 4 is 12.2 Å². The molecule has 0 spiro atoms. The van der Waals surface area contributed by atoms with Gasteiger partial charge in [0.2, 0.25) is 0 Å². The highest BCUT2D eigenvalue weighted by Crippen LogP contribution is 2.18.